The predicted octanol–water partition coefficient (Wildman–Crippen LogP) is 6.03. The van der Waals surface area contributed by atoms with Crippen molar-refractivity contribution in [2.24, 2.45) is 5.92 Å². The van der Waals surface area contributed by atoms with E-state index in [0.717, 1.165) is 55.6 Å². The first kappa shape index (κ1) is 39.5. The van der Waals surface area contributed by atoms with Crippen molar-refractivity contribution in [1.29, 1.82) is 0 Å². The molecule has 12 nitrogen and oxygen atoms in total. The Morgan fingerprint density at radius 3 is 2.44 bits per heavy atom. The van der Waals surface area contributed by atoms with Crippen molar-refractivity contribution in [3.8, 4) is 11.5 Å². The summed E-state index contributed by atoms with van der Waals surface area (Å²) >= 11 is 0. The highest BCUT2D eigenvalue weighted by Crippen LogP contribution is 2.31. The number of fused-ring (bicyclic) bond motifs is 4. The lowest BCUT2D eigenvalue weighted by molar-refractivity contribution is -0.0336. The molecular formula is C45H50N4O8. The van der Waals surface area contributed by atoms with Gasteiger partial charge in [-0.25, -0.2) is 9.59 Å². The molecular weight excluding hydrogens is 725 g/mol. The number of aliphatic hydroxyl groups excluding tert-OH is 1. The number of unbranched alkanes of at least 4 members (excludes halogenated alkanes) is 1. The summed E-state index contributed by atoms with van der Waals surface area (Å²) in [5, 5.41) is 27.7. The first-order chi connectivity index (χ1) is 27.8. The van der Waals surface area contributed by atoms with Crippen LogP contribution in [0.15, 0.2) is 108 Å². The molecule has 12 heteroatoms. The van der Waals surface area contributed by atoms with Gasteiger partial charge in [-0.15, -0.1) is 0 Å². The lowest BCUT2D eigenvalue weighted by Crippen LogP contribution is -2.52. The van der Waals surface area contributed by atoms with Gasteiger partial charge < -0.3 is 40.0 Å². The highest BCUT2D eigenvalue weighted by atomic mass is 16.6. The zero-order chi connectivity index (χ0) is 39.6. The number of nitrogens with zero attached hydrogens (tertiary/aromatic N) is 1. The lowest BCUT2D eigenvalue weighted by atomic mass is 9.86. The fourth-order valence-electron chi connectivity index (χ4n) is 7.71. The van der Waals surface area contributed by atoms with Crippen molar-refractivity contribution < 1.29 is 34.0 Å². The summed E-state index contributed by atoms with van der Waals surface area (Å²) in [5.74, 6) is 0.681. The molecule has 2 bridgehead atoms. The van der Waals surface area contributed by atoms with Gasteiger partial charge in [0.05, 0.1) is 36.4 Å². The van der Waals surface area contributed by atoms with Crippen molar-refractivity contribution in [3.63, 3.8) is 0 Å². The van der Waals surface area contributed by atoms with Gasteiger partial charge in [-0.3, -0.25) is 9.69 Å². The van der Waals surface area contributed by atoms with E-state index in [1.54, 1.807) is 24.3 Å². The van der Waals surface area contributed by atoms with Crippen LogP contribution in [0.2, 0.25) is 0 Å². The maximum Gasteiger partial charge on any atom is 0.408 e. The summed E-state index contributed by atoms with van der Waals surface area (Å²) in [7, 11) is 0. The zero-order valence-corrected chi connectivity index (χ0v) is 31.9. The number of phenols is 1. The number of phenolic OH excluding ortho intramolecular Hbond substituents is 1. The summed E-state index contributed by atoms with van der Waals surface area (Å²) in [6.07, 6.45) is 2.84. The van der Waals surface area contributed by atoms with Gasteiger partial charge in [0.25, 0.3) is 0 Å². The summed E-state index contributed by atoms with van der Waals surface area (Å²) in [6.45, 7) is 4.56. The molecule has 57 heavy (non-hydrogen) atoms. The average Bonchev–Trinajstić information content (AvgIpc) is 3.23. The van der Waals surface area contributed by atoms with Crippen LogP contribution in [0.25, 0.3) is 10.9 Å². The molecule has 3 aliphatic rings. The van der Waals surface area contributed by atoms with Gasteiger partial charge in [0.15, 0.2) is 0 Å². The Labute approximate surface area is 331 Å². The number of hydrogen-bond donors (Lipinski definition) is 5. The Morgan fingerprint density at radius 1 is 0.877 bits per heavy atom. The van der Waals surface area contributed by atoms with Crippen molar-refractivity contribution in [2.75, 3.05) is 45.9 Å². The maximum atomic E-state index is 13.2. The minimum Gasteiger partial charge on any atom is -0.506 e. The first-order valence-corrected chi connectivity index (χ1v) is 19.8. The number of aliphatic hydroxyl groups is 1. The van der Waals surface area contributed by atoms with E-state index in [1.807, 2.05) is 66.7 Å². The summed E-state index contributed by atoms with van der Waals surface area (Å²) in [4.78, 5) is 42.5. The largest absolute Gasteiger partial charge is 0.506 e. The van der Waals surface area contributed by atoms with E-state index < -0.39 is 18.2 Å². The van der Waals surface area contributed by atoms with Gasteiger partial charge in [0.2, 0.25) is 5.56 Å². The molecule has 3 fully saturated rings. The number of aromatic amines is 1. The molecule has 0 saturated carbocycles. The van der Waals surface area contributed by atoms with E-state index >= 15 is 0 Å². The molecule has 5 aromatic rings. The number of nitrogens with one attached hydrogen (secondary N) is 3. The zero-order valence-electron chi connectivity index (χ0n) is 31.9. The number of carbonyl (C=O) groups is 2. The van der Waals surface area contributed by atoms with E-state index in [0.29, 0.717) is 59.7 Å². The molecule has 3 atom stereocenters. The Balaban J connectivity index is 0.823. The number of carbonyl (C=O) groups excluding carboxylic acids is 2. The van der Waals surface area contributed by atoms with Crippen LogP contribution in [-0.4, -0.2) is 84.2 Å². The molecule has 4 heterocycles. The van der Waals surface area contributed by atoms with Crippen molar-refractivity contribution in [3.05, 3.63) is 141 Å². The Bertz CT molecular complexity index is 2170. The highest BCUT2D eigenvalue weighted by Gasteiger charge is 2.37. The Morgan fingerprint density at radius 2 is 1.67 bits per heavy atom. The maximum absolute atomic E-state index is 13.2. The molecule has 1 amide bonds. The number of H-pyrrole nitrogens is 1. The second-order valence-electron chi connectivity index (χ2n) is 14.8. The number of amides is 1. The number of rotatable bonds is 17. The molecule has 0 radical (unpaired) electrons. The van der Waals surface area contributed by atoms with Crippen molar-refractivity contribution in [1.82, 2.24) is 20.5 Å². The standard InChI is InChI=1S/C45H50N4O8/c50-38-17-15-36(37-16-18-41(52)47-43(37)38)39(51)28-46-22-4-5-25-56-44(53)33-13-11-30(12-14-33)21-26-55-35-10-6-9-34(27-35)42(32-7-2-1-3-8-32)48-45(54)57-40-29-49-23-19-31(40)20-24-49/h1-3,6-18,27,31,39-40,42,46,50-51H,4-5,19-26,28-29H2,(H,47,52)(H,48,54)/t39?,40-,42?/m0/s1. The number of benzene rings is 4. The quantitative estimate of drug-likeness (QED) is 0.0558. The monoisotopic (exact) mass is 774 g/mol. The second kappa shape index (κ2) is 19.0. The van der Waals surface area contributed by atoms with Gasteiger partial charge in [-0.05, 0) is 110 Å². The van der Waals surface area contributed by atoms with E-state index in [2.05, 4.69) is 20.5 Å². The Hall–Kier alpha value is -5.69. The van der Waals surface area contributed by atoms with Gasteiger partial charge in [-0.1, -0.05) is 60.7 Å². The van der Waals surface area contributed by atoms with E-state index in [9.17, 15) is 24.6 Å². The molecule has 3 aliphatic heterocycles. The van der Waals surface area contributed by atoms with Gasteiger partial charge in [0, 0.05) is 31.0 Å². The summed E-state index contributed by atoms with van der Waals surface area (Å²) in [5.41, 5.74) is 3.90. The fraction of sp³-hybridized carbons (Fsp3) is 0.356. The predicted molar refractivity (Wildman–Crippen MR) is 217 cm³/mol. The molecule has 5 N–H and O–H groups in total. The fourth-order valence-corrected chi connectivity index (χ4v) is 7.71. The minimum absolute atomic E-state index is 0.0521. The summed E-state index contributed by atoms with van der Waals surface area (Å²) < 4.78 is 17.6. The minimum atomic E-state index is -0.837. The van der Waals surface area contributed by atoms with Crippen LogP contribution in [0.5, 0.6) is 11.5 Å². The lowest BCUT2D eigenvalue weighted by Gasteiger charge is -2.43. The smallest absolute Gasteiger partial charge is 0.408 e. The third-order valence-electron chi connectivity index (χ3n) is 10.9. The first-order valence-electron chi connectivity index (χ1n) is 19.8. The van der Waals surface area contributed by atoms with Crippen LogP contribution < -0.4 is 20.9 Å². The SMILES string of the molecule is O=C(NC(c1ccccc1)c1cccc(OCCc2ccc(C(=O)OCCCCNCC(O)c3ccc(O)c4[nH]c(=O)ccc34)cc2)c1)O[C@H]1CN2CCC1CC2. The van der Waals surface area contributed by atoms with Gasteiger partial charge in [0.1, 0.15) is 17.6 Å². The number of ether oxygens (including phenoxy) is 3. The van der Waals surface area contributed by atoms with Crippen LogP contribution in [0.4, 0.5) is 4.79 Å². The number of piperidine rings is 3. The van der Waals surface area contributed by atoms with Crippen molar-refractivity contribution in [2.45, 2.75) is 50.4 Å². The van der Waals surface area contributed by atoms with Crippen LogP contribution in [-0.2, 0) is 15.9 Å². The average molecular weight is 775 g/mol. The number of aromatic nitrogens is 1. The van der Waals surface area contributed by atoms with E-state index in [1.165, 1.54) is 12.1 Å². The van der Waals surface area contributed by atoms with Crippen LogP contribution in [0.3, 0.4) is 0 Å². The molecule has 0 aliphatic carbocycles. The summed E-state index contributed by atoms with van der Waals surface area (Å²) in [6, 6.07) is 30.6. The van der Waals surface area contributed by atoms with Crippen LogP contribution in [0, 0.1) is 5.92 Å². The van der Waals surface area contributed by atoms with Gasteiger partial charge >= 0.3 is 12.1 Å². The third kappa shape index (κ3) is 10.4. The topological polar surface area (TPSA) is 162 Å². The number of pyridine rings is 1. The normalized spacial score (nSPS) is 18.4. The van der Waals surface area contributed by atoms with E-state index in [4.69, 9.17) is 14.2 Å². The van der Waals surface area contributed by atoms with Crippen LogP contribution in [0.1, 0.15) is 70.4 Å². The number of alkyl carbamates (subject to hydrolysis) is 1. The number of hydrogen-bond acceptors (Lipinski definition) is 10. The highest BCUT2D eigenvalue weighted by molar-refractivity contribution is 5.89. The molecule has 2 unspecified atom stereocenters. The van der Waals surface area contributed by atoms with Crippen molar-refractivity contribution >= 4 is 23.0 Å². The van der Waals surface area contributed by atoms with E-state index in [-0.39, 0.29) is 36.5 Å². The molecule has 3 saturated heterocycles. The second-order valence-corrected chi connectivity index (χ2v) is 14.8. The van der Waals surface area contributed by atoms with Gasteiger partial charge in [-0.2, -0.15) is 0 Å². The van der Waals surface area contributed by atoms with Crippen LogP contribution >= 0.6 is 0 Å². The number of aromatic hydroxyl groups is 1. The molecule has 298 valence electrons. The molecule has 8 rings (SSSR count). The number of esters is 1. The molecule has 1 aromatic heterocycles. The molecule has 0 spiro atoms. The Kier molecular flexibility index (Phi) is 13.2. The molecule has 4 aromatic carbocycles. The third-order valence-corrected chi connectivity index (χ3v) is 10.9.